The minimum atomic E-state index is -0.630. The van der Waals surface area contributed by atoms with Crippen LogP contribution in [-0.4, -0.2) is 19.1 Å². The van der Waals surface area contributed by atoms with Crippen molar-refractivity contribution in [2.75, 3.05) is 18.4 Å². The zero-order valence-corrected chi connectivity index (χ0v) is 7.63. The van der Waals surface area contributed by atoms with Crippen LogP contribution in [0.3, 0.4) is 0 Å². The Hall–Kier alpha value is -1.20. The largest absolute Gasteiger partial charge is 0.381 e. The lowest BCUT2D eigenvalue weighted by molar-refractivity contribution is 0.584. The molecule has 1 aromatic rings. The van der Waals surface area contributed by atoms with Crippen molar-refractivity contribution in [2.45, 2.75) is 6.04 Å². The van der Waals surface area contributed by atoms with Crippen molar-refractivity contribution < 1.29 is 8.78 Å². The van der Waals surface area contributed by atoms with E-state index in [9.17, 15) is 8.78 Å². The van der Waals surface area contributed by atoms with Gasteiger partial charge >= 0.3 is 0 Å². The van der Waals surface area contributed by atoms with Gasteiger partial charge in [-0.05, 0) is 12.1 Å². The molecule has 0 amide bonds. The average molecular weight is 201 g/mol. The number of hydrogen-bond acceptors (Lipinski definition) is 3. The zero-order valence-electron chi connectivity index (χ0n) is 7.63. The number of nitrogens with one attached hydrogen (secondary N) is 1. The summed E-state index contributed by atoms with van der Waals surface area (Å²) in [5, 5.41) is 2.74. The van der Waals surface area contributed by atoms with E-state index in [1.165, 1.54) is 12.1 Å². The molecule has 0 aliphatic rings. The Balaban J connectivity index is 2.59. The normalized spacial score (nSPS) is 12.6. The highest BCUT2D eigenvalue weighted by molar-refractivity contribution is 5.44. The summed E-state index contributed by atoms with van der Waals surface area (Å²) < 4.78 is 25.5. The Bertz CT molecular complexity index is 304. The first-order valence-electron chi connectivity index (χ1n) is 4.28. The fourth-order valence-corrected chi connectivity index (χ4v) is 0.957. The molecule has 0 aromatic heterocycles. The van der Waals surface area contributed by atoms with E-state index in [0.717, 1.165) is 6.07 Å². The predicted octanol–water partition coefficient (Wildman–Crippen LogP) is 0.663. The maximum atomic E-state index is 13.0. The van der Waals surface area contributed by atoms with Gasteiger partial charge < -0.3 is 16.8 Å². The van der Waals surface area contributed by atoms with Gasteiger partial charge in [-0.1, -0.05) is 0 Å². The fourth-order valence-electron chi connectivity index (χ4n) is 0.957. The van der Waals surface area contributed by atoms with Gasteiger partial charge in [0.25, 0.3) is 0 Å². The molecule has 3 nitrogen and oxygen atoms in total. The van der Waals surface area contributed by atoms with Crippen molar-refractivity contribution in [3.63, 3.8) is 0 Å². The van der Waals surface area contributed by atoms with Crippen LogP contribution in [0.15, 0.2) is 18.2 Å². The Labute approximate surface area is 81.1 Å². The molecule has 0 radical (unpaired) electrons. The second kappa shape index (κ2) is 4.88. The lowest BCUT2D eigenvalue weighted by Crippen LogP contribution is -2.36. The van der Waals surface area contributed by atoms with Crippen molar-refractivity contribution in [3.8, 4) is 0 Å². The minimum absolute atomic E-state index is 0.232. The molecule has 0 spiro atoms. The summed E-state index contributed by atoms with van der Waals surface area (Å²) in [5.41, 5.74) is 11.0. The zero-order chi connectivity index (χ0) is 10.6. The van der Waals surface area contributed by atoms with Crippen LogP contribution in [-0.2, 0) is 0 Å². The van der Waals surface area contributed by atoms with Crippen LogP contribution in [0.4, 0.5) is 14.5 Å². The summed E-state index contributed by atoms with van der Waals surface area (Å²) in [6.07, 6.45) is 0. The van der Waals surface area contributed by atoms with E-state index in [4.69, 9.17) is 11.5 Å². The van der Waals surface area contributed by atoms with Gasteiger partial charge in [-0.25, -0.2) is 8.78 Å². The predicted molar refractivity (Wildman–Crippen MR) is 51.9 cm³/mol. The van der Waals surface area contributed by atoms with Crippen molar-refractivity contribution in [1.29, 1.82) is 0 Å². The summed E-state index contributed by atoms with van der Waals surface area (Å²) >= 11 is 0. The van der Waals surface area contributed by atoms with E-state index in [0.29, 0.717) is 13.1 Å². The molecule has 0 heterocycles. The molecular weight excluding hydrogens is 188 g/mol. The molecule has 78 valence electrons. The first-order valence-corrected chi connectivity index (χ1v) is 4.28. The highest BCUT2D eigenvalue weighted by Crippen LogP contribution is 2.14. The smallest absolute Gasteiger partial charge is 0.149 e. The van der Waals surface area contributed by atoms with Gasteiger partial charge in [0, 0.05) is 25.2 Å². The van der Waals surface area contributed by atoms with Crippen LogP contribution in [0.5, 0.6) is 0 Å². The molecular formula is C9H13F2N3. The number of hydrogen-bond donors (Lipinski definition) is 3. The van der Waals surface area contributed by atoms with Crippen LogP contribution in [0, 0.1) is 11.6 Å². The first kappa shape index (κ1) is 10.9. The van der Waals surface area contributed by atoms with Crippen molar-refractivity contribution in [1.82, 2.24) is 0 Å². The van der Waals surface area contributed by atoms with Crippen LogP contribution in [0.1, 0.15) is 0 Å². The highest BCUT2D eigenvalue weighted by atomic mass is 19.1. The van der Waals surface area contributed by atoms with E-state index in [2.05, 4.69) is 5.32 Å². The van der Waals surface area contributed by atoms with E-state index in [-0.39, 0.29) is 11.7 Å². The summed E-state index contributed by atoms with van der Waals surface area (Å²) in [6, 6.07) is 3.09. The van der Waals surface area contributed by atoms with Crippen LogP contribution < -0.4 is 16.8 Å². The fraction of sp³-hybridized carbons (Fsp3) is 0.333. The maximum Gasteiger partial charge on any atom is 0.149 e. The summed E-state index contributed by atoms with van der Waals surface area (Å²) in [7, 11) is 0. The van der Waals surface area contributed by atoms with Crippen molar-refractivity contribution >= 4 is 5.69 Å². The third-order valence-electron chi connectivity index (χ3n) is 1.79. The van der Waals surface area contributed by atoms with Gasteiger partial charge in [0.15, 0.2) is 0 Å². The Morgan fingerprint density at radius 1 is 1.36 bits per heavy atom. The van der Waals surface area contributed by atoms with Crippen molar-refractivity contribution in [3.05, 3.63) is 29.8 Å². The first-order chi connectivity index (χ1) is 6.63. The van der Waals surface area contributed by atoms with E-state index in [1.807, 2.05) is 0 Å². The molecule has 1 rings (SSSR count). The standard InChI is InChI=1S/C9H13F2N3/c10-6-1-2-9(8(11)3-6)14-5-7(13)4-12/h1-3,7,14H,4-5,12-13H2. The molecule has 0 saturated heterocycles. The number of halogens is 2. The summed E-state index contributed by atoms with van der Waals surface area (Å²) in [4.78, 5) is 0. The van der Waals surface area contributed by atoms with Gasteiger partial charge in [-0.15, -0.1) is 0 Å². The topological polar surface area (TPSA) is 64.1 Å². The van der Waals surface area contributed by atoms with Gasteiger partial charge in [-0.2, -0.15) is 0 Å². The average Bonchev–Trinajstić information content (AvgIpc) is 2.16. The number of benzene rings is 1. The molecule has 0 fully saturated rings. The quantitative estimate of drug-likeness (QED) is 0.670. The number of anilines is 1. The molecule has 0 aliphatic carbocycles. The van der Waals surface area contributed by atoms with Gasteiger partial charge in [0.1, 0.15) is 11.6 Å². The Morgan fingerprint density at radius 2 is 2.07 bits per heavy atom. The van der Waals surface area contributed by atoms with Crippen LogP contribution >= 0.6 is 0 Å². The summed E-state index contributed by atoms with van der Waals surface area (Å²) in [6.45, 7) is 0.675. The third kappa shape index (κ3) is 2.93. The Kier molecular flexibility index (Phi) is 3.79. The molecule has 5 N–H and O–H groups in total. The Morgan fingerprint density at radius 3 is 2.64 bits per heavy atom. The highest BCUT2D eigenvalue weighted by Gasteiger charge is 2.04. The molecule has 14 heavy (non-hydrogen) atoms. The second-order valence-electron chi connectivity index (χ2n) is 3.00. The molecule has 5 heteroatoms. The van der Waals surface area contributed by atoms with E-state index < -0.39 is 11.6 Å². The lowest BCUT2D eigenvalue weighted by atomic mass is 10.2. The maximum absolute atomic E-state index is 13.0. The molecule has 0 saturated carbocycles. The van der Waals surface area contributed by atoms with Crippen LogP contribution in [0.25, 0.3) is 0 Å². The van der Waals surface area contributed by atoms with Gasteiger partial charge in [-0.3, -0.25) is 0 Å². The minimum Gasteiger partial charge on any atom is -0.381 e. The molecule has 1 aromatic carbocycles. The van der Waals surface area contributed by atoms with E-state index in [1.54, 1.807) is 0 Å². The van der Waals surface area contributed by atoms with Crippen LogP contribution in [0.2, 0.25) is 0 Å². The number of rotatable bonds is 4. The lowest BCUT2D eigenvalue weighted by Gasteiger charge is -2.11. The third-order valence-corrected chi connectivity index (χ3v) is 1.79. The molecule has 0 aliphatic heterocycles. The van der Waals surface area contributed by atoms with Crippen molar-refractivity contribution in [2.24, 2.45) is 11.5 Å². The monoisotopic (exact) mass is 201 g/mol. The second-order valence-corrected chi connectivity index (χ2v) is 3.00. The SMILES string of the molecule is NCC(N)CNc1ccc(F)cc1F. The van der Waals surface area contributed by atoms with Gasteiger partial charge in [0.2, 0.25) is 0 Å². The summed E-state index contributed by atoms with van der Waals surface area (Å²) in [5.74, 6) is -1.23. The molecule has 1 unspecified atom stereocenters. The molecule has 0 bridgehead atoms. The van der Waals surface area contributed by atoms with E-state index >= 15 is 0 Å². The number of nitrogens with two attached hydrogens (primary N) is 2. The van der Waals surface area contributed by atoms with Gasteiger partial charge in [0.05, 0.1) is 5.69 Å². The molecule has 1 atom stereocenters.